The Morgan fingerprint density at radius 2 is 2.12 bits per heavy atom. The Bertz CT molecular complexity index is 719. The van der Waals surface area contributed by atoms with Gasteiger partial charge in [-0.3, -0.25) is 0 Å². The van der Waals surface area contributed by atoms with Gasteiger partial charge in [0.25, 0.3) is 0 Å². The van der Waals surface area contributed by atoms with Crippen LogP contribution < -0.4 is 0 Å². The minimum absolute atomic E-state index is 0.00566. The van der Waals surface area contributed by atoms with Gasteiger partial charge in [-0.1, -0.05) is 37.6 Å². The topological polar surface area (TPSA) is 17.1 Å². The third-order valence-corrected chi connectivity index (χ3v) is 7.64. The lowest BCUT2D eigenvalue weighted by Crippen LogP contribution is -2.39. The highest BCUT2D eigenvalue weighted by Crippen LogP contribution is 2.60. The van der Waals surface area contributed by atoms with Gasteiger partial charge in [0, 0.05) is 11.3 Å². The second-order valence-electron chi connectivity index (χ2n) is 8.41. The van der Waals surface area contributed by atoms with E-state index < -0.39 is 0 Å². The first-order valence-corrected chi connectivity index (χ1v) is 9.80. The van der Waals surface area contributed by atoms with Crippen molar-refractivity contribution in [3.63, 3.8) is 0 Å². The van der Waals surface area contributed by atoms with Crippen LogP contribution in [-0.4, -0.2) is 11.7 Å². The Balaban J connectivity index is 1.74. The lowest BCUT2D eigenvalue weighted by molar-refractivity contribution is -0.108. The van der Waals surface area contributed by atoms with Crippen LogP contribution >= 0.6 is 11.6 Å². The van der Waals surface area contributed by atoms with Crippen molar-refractivity contribution in [2.24, 2.45) is 11.3 Å². The fraction of sp³-hybridized carbons (Fsp3) is 0.591. The maximum absolute atomic E-state index is 11.3. The lowest BCUT2D eigenvalue weighted by Gasteiger charge is -2.48. The summed E-state index contributed by atoms with van der Waals surface area (Å²) in [6.07, 6.45) is 9.34. The minimum Gasteiger partial charge on any atom is -0.303 e. The number of carbonyl (C=O) groups is 1. The van der Waals surface area contributed by atoms with Crippen LogP contribution in [0.2, 0.25) is 0 Å². The van der Waals surface area contributed by atoms with Crippen LogP contribution in [0.4, 0.5) is 0 Å². The Hall–Kier alpha value is -1.08. The molecule has 4 rings (SSSR count). The predicted molar refractivity (Wildman–Crippen MR) is 99.9 cm³/mol. The van der Waals surface area contributed by atoms with Crippen LogP contribution in [0.5, 0.6) is 0 Å². The molecule has 0 spiro atoms. The molecule has 3 unspecified atom stereocenters. The van der Waals surface area contributed by atoms with Gasteiger partial charge in [0.2, 0.25) is 0 Å². The van der Waals surface area contributed by atoms with Crippen molar-refractivity contribution in [3.8, 4) is 0 Å². The van der Waals surface area contributed by atoms with Gasteiger partial charge >= 0.3 is 0 Å². The summed E-state index contributed by atoms with van der Waals surface area (Å²) in [4.78, 5) is 11.3. The zero-order valence-corrected chi connectivity index (χ0v) is 15.7. The summed E-state index contributed by atoms with van der Waals surface area (Å²) >= 11 is 6.45. The number of hydrogen-bond donors (Lipinski definition) is 0. The lowest BCUT2D eigenvalue weighted by atomic mass is 9.57. The van der Waals surface area contributed by atoms with Crippen molar-refractivity contribution in [2.45, 2.75) is 70.1 Å². The van der Waals surface area contributed by atoms with Crippen LogP contribution in [0.25, 0.3) is 0 Å². The maximum atomic E-state index is 11.3. The van der Waals surface area contributed by atoms with Crippen molar-refractivity contribution in [1.29, 1.82) is 0 Å². The first kappa shape index (κ1) is 16.4. The van der Waals surface area contributed by atoms with E-state index >= 15 is 0 Å². The van der Waals surface area contributed by atoms with E-state index in [1.807, 2.05) is 6.92 Å². The molecule has 0 bridgehead atoms. The van der Waals surface area contributed by atoms with Gasteiger partial charge in [0.15, 0.2) is 0 Å². The number of halogens is 1. The quantitative estimate of drug-likeness (QED) is 0.384. The molecule has 0 saturated heterocycles. The van der Waals surface area contributed by atoms with Crippen molar-refractivity contribution in [3.05, 3.63) is 46.0 Å². The average Bonchev–Trinajstić information content (AvgIpc) is 2.96. The first-order chi connectivity index (χ1) is 11.5. The molecule has 0 amide bonds. The van der Waals surface area contributed by atoms with Crippen molar-refractivity contribution in [2.75, 3.05) is 0 Å². The van der Waals surface area contributed by atoms with E-state index in [1.54, 1.807) is 11.1 Å². The molecule has 0 N–H and O–H groups in total. The van der Waals surface area contributed by atoms with Gasteiger partial charge < -0.3 is 4.79 Å². The molecule has 0 radical (unpaired) electrons. The van der Waals surface area contributed by atoms with Crippen LogP contribution in [0.1, 0.15) is 73.6 Å². The number of hydrogen-bond acceptors (Lipinski definition) is 1. The second-order valence-corrected chi connectivity index (χ2v) is 9.03. The Kier molecular flexibility index (Phi) is 3.91. The molecule has 3 aliphatic rings. The molecule has 0 heterocycles. The van der Waals surface area contributed by atoms with E-state index in [9.17, 15) is 4.79 Å². The van der Waals surface area contributed by atoms with E-state index in [2.05, 4.69) is 32.1 Å². The largest absolute Gasteiger partial charge is 0.303 e. The summed E-state index contributed by atoms with van der Waals surface area (Å²) in [5, 5.41) is 0.325. The molecule has 1 fully saturated rings. The molecule has 1 aromatic carbocycles. The third kappa shape index (κ3) is 2.24. The highest BCUT2D eigenvalue weighted by molar-refractivity contribution is 6.20. The Morgan fingerprint density at radius 3 is 2.88 bits per heavy atom. The molecule has 0 aromatic heterocycles. The van der Waals surface area contributed by atoms with E-state index in [0.29, 0.717) is 22.6 Å². The number of aldehydes is 1. The fourth-order valence-corrected chi connectivity index (χ4v) is 6.00. The Labute approximate surface area is 150 Å². The molecule has 3 aliphatic carbocycles. The number of carbonyl (C=O) groups excluding carboxylic acids is 1. The summed E-state index contributed by atoms with van der Waals surface area (Å²) < 4.78 is 0. The maximum Gasteiger partial charge on any atom is 0.127 e. The molecular formula is C22H27ClO. The monoisotopic (exact) mass is 342 g/mol. The summed E-state index contributed by atoms with van der Waals surface area (Å²) in [6, 6.07) is 4.52. The van der Waals surface area contributed by atoms with Gasteiger partial charge in [-0.2, -0.15) is 0 Å². The second kappa shape index (κ2) is 5.73. The minimum atomic E-state index is -0.00566. The van der Waals surface area contributed by atoms with Gasteiger partial charge in [0.05, 0.1) is 0 Å². The molecule has 2 heteroatoms. The average molecular weight is 343 g/mol. The molecule has 24 heavy (non-hydrogen) atoms. The van der Waals surface area contributed by atoms with E-state index in [4.69, 9.17) is 11.6 Å². The van der Waals surface area contributed by atoms with Gasteiger partial charge in [-0.25, -0.2) is 0 Å². The SMILES string of the molecule is Cc1c([C@H](C)C=O)ccc2c1CC1C2CC=C2CC(Cl)CC[C@@]21C. The Morgan fingerprint density at radius 1 is 1.33 bits per heavy atom. The molecule has 1 nitrogen and oxygen atoms in total. The van der Waals surface area contributed by atoms with Gasteiger partial charge in [-0.15, -0.1) is 11.6 Å². The molecule has 5 atom stereocenters. The van der Waals surface area contributed by atoms with E-state index in [1.165, 1.54) is 29.5 Å². The van der Waals surface area contributed by atoms with Crippen LogP contribution in [0, 0.1) is 18.3 Å². The summed E-state index contributed by atoms with van der Waals surface area (Å²) in [6.45, 7) is 6.71. The van der Waals surface area contributed by atoms with E-state index in [0.717, 1.165) is 25.5 Å². The fourth-order valence-electron chi connectivity index (χ4n) is 5.72. The summed E-state index contributed by atoms with van der Waals surface area (Å²) in [5.41, 5.74) is 7.57. The van der Waals surface area contributed by atoms with Crippen LogP contribution in [-0.2, 0) is 11.2 Å². The highest BCUT2D eigenvalue weighted by atomic mass is 35.5. The normalized spacial score (nSPS) is 35.5. The first-order valence-electron chi connectivity index (χ1n) is 9.37. The van der Waals surface area contributed by atoms with Crippen molar-refractivity contribution in [1.82, 2.24) is 0 Å². The van der Waals surface area contributed by atoms with E-state index in [-0.39, 0.29) is 5.92 Å². The van der Waals surface area contributed by atoms with Crippen molar-refractivity contribution < 1.29 is 4.79 Å². The zero-order chi connectivity index (χ0) is 17.1. The molecular weight excluding hydrogens is 316 g/mol. The summed E-state index contributed by atoms with van der Waals surface area (Å²) in [5.74, 6) is 1.35. The number of fused-ring (bicyclic) bond motifs is 5. The number of benzene rings is 1. The number of allylic oxidation sites excluding steroid dienone is 2. The molecule has 0 aliphatic heterocycles. The predicted octanol–water partition coefficient (Wildman–Crippen LogP) is 5.68. The molecule has 128 valence electrons. The van der Waals surface area contributed by atoms with Crippen LogP contribution in [0.15, 0.2) is 23.8 Å². The molecule has 1 aromatic rings. The standard InChI is InChI=1S/C22H27ClO/c1-13(12-24)17-6-7-18-19-5-4-15-10-16(23)8-9-22(15,3)21(19)11-20(18)14(17)2/h4,6-7,12-13,16,19,21H,5,8-11H2,1-3H3/t13-,16?,19?,21?,22+/m1/s1. The third-order valence-electron chi connectivity index (χ3n) is 7.27. The molecule has 1 saturated carbocycles. The zero-order valence-electron chi connectivity index (χ0n) is 14.9. The summed E-state index contributed by atoms with van der Waals surface area (Å²) in [7, 11) is 0. The highest BCUT2D eigenvalue weighted by Gasteiger charge is 2.50. The smallest absolute Gasteiger partial charge is 0.127 e. The van der Waals surface area contributed by atoms with Crippen LogP contribution in [0.3, 0.4) is 0 Å². The van der Waals surface area contributed by atoms with Crippen molar-refractivity contribution >= 4 is 17.9 Å². The van der Waals surface area contributed by atoms with Gasteiger partial charge in [-0.05, 0) is 78.5 Å². The number of alkyl halides is 1. The van der Waals surface area contributed by atoms with Gasteiger partial charge in [0.1, 0.15) is 6.29 Å². The number of rotatable bonds is 2.